The van der Waals surface area contributed by atoms with Gasteiger partial charge in [-0.1, -0.05) is 36.9 Å². The molecule has 0 aliphatic heterocycles. The van der Waals surface area contributed by atoms with Crippen LogP contribution in [0, 0.1) is 6.92 Å². The molecule has 1 aromatic carbocycles. The lowest BCUT2D eigenvalue weighted by Gasteiger charge is -2.00. The summed E-state index contributed by atoms with van der Waals surface area (Å²) in [4.78, 5) is 17.8. The third-order valence-corrected chi connectivity index (χ3v) is 4.55. The molecule has 1 amide bonds. The smallest absolute Gasteiger partial charge is 0.234 e. The molecule has 3 rings (SSSR count). The first-order valence-corrected chi connectivity index (χ1v) is 8.30. The van der Waals surface area contributed by atoms with Crippen molar-refractivity contribution >= 4 is 47.3 Å². The fraction of sp³-hybridized carbons (Fsp3) is 0.111. The lowest BCUT2D eigenvalue weighted by Crippen LogP contribution is -2.14. The topological polar surface area (TPSA) is 46.9 Å². The summed E-state index contributed by atoms with van der Waals surface area (Å²) in [5.74, 6) is -0.112. The minimum absolute atomic E-state index is 0.112. The predicted molar refractivity (Wildman–Crippen MR) is 102 cm³/mol. The SMILES string of the molecule is [B]n1cc(CC(=O)Nc2nc(/C=C\C=C)c(C)s2)c2ccccc21. The van der Waals surface area contributed by atoms with E-state index in [9.17, 15) is 4.79 Å². The van der Waals surface area contributed by atoms with E-state index in [1.54, 1.807) is 16.8 Å². The Kier molecular flexibility index (Phi) is 4.67. The molecule has 4 nitrogen and oxygen atoms in total. The van der Waals surface area contributed by atoms with E-state index < -0.39 is 0 Å². The predicted octanol–water partition coefficient (Wildman–Crippen LogP) is 3.72. The number of fused-ring (bicyclic) bond motifs is 1. The summed E-state index contributed by atoms with van der Waals surface area (Å²) < 4.78 is 1.55. The maximum atomic E-state index is 12.3. The summed E-state index contributed by atoms with van der Waals surface area (Å²) in [6.07, 6.45) is 7.43. The van der Waals surface area contributed by atoms with Gasteiger partial charge in [0.05, 0.1) is 12.1 Å². The fourth-order valence-electron chi connectivity index (χ4n) is 2.53. The van der Waals surface area contributed by atoms with Crippen molar-refractivity contribution in [2.75, 3.05) is 5.32 Å². The van der Waals surface area contributed by atoms with Gasteiger partial charge < -0.3 is 9.79 Å². The number of carbonyl (C=O) groups is 1. The fourth-order valence-corrected chi connectivity index (χ4v) is 3.35. The molecule has 24 heavy (non-hydrogen) atoms. The van der Waals surface area contributed by atoms with Crippen molar-refractivity contribution in [3.8, 4) is 0 Å². The number of anilines is 1. The van der Waals surface area contributed by atoms with Crippen molar-refractivity contribution in [3.05, 3.63) is 65.3 Å². The second-order valence-electron chi connectivity index (χ2n) is 5.36. The van der Waals surface area contributed by atoms with Gasteiger partial charge in [-0.2, -0.15) is 0 Å². The Labute approximate surface area is 146 Å². The molecule has 0 aliphatic carbocycles. The van der Waals surface area contributed by atoms with Crippen LogP contribution in [0.1, 0.15) is 16.1 Å². The van der Waals surface area contributed by atoms with E-state index in [1.165, 1.54) is 11.3 Å². The van der Waals surface area contributed by atoms with Crippen molar-refractivity contribution in [2.24, 2.45) is 0 Å². The van der Waals surface area contributed by atoms with Crippen LogP contribution >= 0.6 is 11.3 Å². The van der Waals surface area contributed by atoms with Crippen LogP contribution in [0.15, 0.2) is 49.2 Å². The summed E-state index contributed by atoms with van der Waals surface area (Å²) in [6.45, 7) is 5.61. The van der Waals surface area contributed by atoms with Crippen molar-refractivity contribution in [1.82, 2.24) is 9.46 Å². The minimum Gasteiger partial charge on any atom is -0.403 e. The van der Waals surface area contributed by atoms with Crippen LogP contribution < -0.4 is 5.32 Å². The van der Waals surface area contributed by atoms with Gasteiger partial charge >= 0.3 is 0 Å². The molecule has 118 valence electrons. The van der Waals surface area contributed by atoms with Crippen LogP contribution in [0.5, 0.6) is 0 Å². The molecule has 0 unspecified atom stereocenters. The maximum absolute atomic E-state index is 12.3. The van der Waals surface area contributed by atoms with Gasteiger partial charge in [0.2, 0.25) is 13.9 Å². The first-order valence-electron chi connectivity index (χ1n) is 7.49. The standard InChI is InChI=1S/C18H16BN3OS/c1-3-4-8-15-12(2)24-18(20-15)21-17(23)10-13-11-22(19)16-9-6-5-7-14(13)16/h3-9,11H,1,10H2,2H3,(H,20,21,23)/b8-4-. The first kappa shape index (κ1) is 16.3. The van der Waals surface area contributed by atoms with Crippen LogP contribution in [-0.2, 0) is 11.2 Å². The number of aromatic nitrogens is 2. The van der Waals surface area contributed by atoms with E-state index in [-0.39, 0.29) is 12.3 Å². The number of rotatable bonds is 5. The molecule has 3 aromatic rings. The molecule has 0 saturated carbocycles. The molecule has 0 atom stereocenters. The molecular weight excluding hydrogens is 317 g/mol. The van der Waals surface area contributed by atoms with E-state index in [2.05, 4.69) is 16.9 Å². The molecule has 0 saturated heterocycles. The number of para-hydroxylation sites is 1. The number of thiazole rings is 1. The zero-order valence-electron chi connectivity index (χ0n) is 13.3. The summed E-state index contributed by atoms with van der Waals surface area (Å²) in [7, 11) is 5.93. The number of aryl methyl sites for hydroxylation is 1. The van der Waals surface area contributed by atoms with E-state index in [4.69, 9.17) is 7.98 Å². The molecule has 0 bridgehead atoms. The van der Waals surface area contributed by atoms with E-state index in [0.29, 0.717) is 5.13 Å². The van der Waals surface area contributed by atoms with E-state index >= 15 is 0 Å². The number of hydrogen-bond donors (Lipinski definition) is 1. The summed E-state index contributed by atoms with van der Waals surface area (Å²) >= 11 is 1.45. The molecular formula is C18H16BN3OS. The average molecular weight is 333 g/mol. The molecule has 2 heterocycles. The zero-order chi connectivity index (χ0) is 17.1. The second-order valence-corrected chi connectivity index (χ2v) is 6.56. The van der Waals surface area contributed by atoms with Crippen molar-refractivity contribution in [2.45, 2.75) is 13.3 Å². The van der Waals surface area contributed by atoms with Crippen molar-refractivity contribution in [1.29, 1.82) is 0 Å². The van der Waals surface area contributed by atoms with Crippen LogP contribution in [0.3, 0.4) is 0 Å². The van der Waals surface area contributed by atoms with Crippen LogP contribution in [0.25, 0.3) is 17.0 Å². The summed E-state index contributed by atoms with van der Waals surface area (Å²) in [5.41, 5.74) is 2.64. The Hall–Kier alpha value is -2.60. The third-order valence-electron chi connectivity index (χ3n) is 3.64. The highest BCUT2D eigenvalue weighted by Crippen LogP contribution is 2.24. The van der Waals surface area contributed by atoms with Crippen LogP contribution in [0.2, 0.25) is 0 Å². The maximum Gasteiger partial charge on any atom is 0.234 e. The first-order chi connectivity index (χ1) is 11.6. The number of nitrogens with zero attached hydrogens (tertiary/aromatic N) is 2. The Bertz CT molecular complexity index is 939. The minimum atomic E-state index is -0.112. The van der Waals surface area contributed by atoms with Crippen molar-refractivity contribution in [3.63, 3.8) is 0 Å². The van der Waals surface area contributed by atoms with E-state index in [1.807, 2.05) is 43.3 Å². The van der Waals surface area contributed by atoms with Gasteiger partial charge in [-0.25, -0.2) is 4.98 Å². The quantitative estimate of drug-likeness (QED) is 0.571. The number of hydrogen-bond acceptors (Lipinski definition) is 3. The highest BCUT2D eigenvalue weighted by atomic mass is 32.1. The Morgan fingerprint density at radius 2 is 2.25 bits per heavy atom. The van der Waals surface area contributed by atoms with Gasteiger partial charge in [0.15, 0.2) is 5.13 Å². The number of nitrogens with one attached hydrogen (secondary N) is 1. The average Bonchev–Trinajstić information content (AvgIpc) is 3.06. The number of amides is 1. The van der Waals surface area contributed by atoms with Gasteiger partial charge in [0.25, 0.3) is 0 Å². The van der Waals surface area contributed by atoms with Gasteiger partial charge in [0.1, 0.15) is 0 Å². The largest absolute Gasteiger partial charge is 0.403 e. The van der Waals surface area contributed by atoms with Gasteiger partial charge in [0, 0.05) is 15.8 Å². The molecule has 2 radical (unpaired) electrons. The molecule has 2 aromatic heterocycles. The van der Waals surface area contributed by atoms with Crippen LogP contribution in [-0.4, -0.2) is 23.4 Å². The molecule has 0 spiro atoms. The lowest BCUT2D eigenvalue weighted by atomic mass is 10.1. The monoisotopic (exact) mass is 333 g/mol. The normalized spacial score (nSPS) is 11.2. The highest BCUT2D eigenvalue weighted by Gasteiger charge is 2.12. The zero-order valence-corrected chi connectivity index (χ0v) is 14.1. The Balaban J connectivity index is 1.76. The number of benzene rings is 1. The van der Waals surface area contributed by atoms with Gasteiger partial charge in [-0.15, -0.1) is 11.3 Å². The molecule has 0 fully saturated rings. The third kappa shape index (κ3) is 3.33. The second kappa shape index (κ2) is 6.89. The summed E-state index contributed by atoms with van der Waals surface area (Å²) in [5, 5.41) is 4.44. The van der Waals surface area contributed by atoms with Crippen LogP contribution in [0.4, 0.5) is 5.13 Å². The molecule has 0 aliphatic rings. The molecule has 6 heteroatoms. The summed E-state index contributed by atoms with van der Waals surface area (Å²) in [6, 6.07) is 7.75. The Morgan fingerprint density at radius 1 is 1.46 bits per heavy atom. The Morgan fingerprint density at radius 3 is 3.04 bits per heavy atom. The lowest BCUT2D eigenvalue weighted by molar-refractivity contribution is -0.115. The van der Waals surface area contributed by atoms with Gasteiger partial charge in [-0.05, 0) is 30.8 Å². The highest BCUT2D eigenvalue weighted by molar-refractivity contribution is 7.15. The number of allylic oxidation sites excluding steroid dienone is 2. The van der Waals surface area contributed by atoms with Crippen molar-refractivity contribution < 1.29 is 4.79 Å². The van der Waals surface area contributed by atoms with E-state index in [0.717, 1.165) is 27.0 Å². The molecule has 1 N–H and O–H groups in total. The van der Waals surface area contributed by atoms with Gasteiger partial charge in [-0.3, -0.25) is 4.79 Å². The number of carbonyl (C=O) groups excluding carboxylic acids is 1.